The van der Waals surface area contributed by atoms with Gasteiger partial charge in [0.2, 0.25) is 5.91 Å². The average Bonchev–Trinajstić information content (AvgIpc) is 2.04. The fourth-order valence-corrected chi connectivity index (χ4v) is 1.62. The van der Waals surface area contributed by atoms with Crippen LogP contribution in [0.5, 0.6) is 0 Å². The van der Waals surface area contributed by atoms with Crippen molar-refractivity contribution in [3.63, 3.8) is 0 Å². The summed E-state index contributed by atoms with van der Waals surface area (Å²) in [5, 5.41) is 0. The van der Waals surface area contributed by atoms with Gasteiger partial charge in [-0.2, -0.15) is 0 Å². The number of hydrogen-bond acceptors (Lipinski definition) is 1. The van der Waals surface area contributed by atoms with Crippen molar-refractivity contribution >= 4 is 5.91 Å². The molecule has 0 N–H and O–H groups in total. The van der Waals surface area contributed by atoms with Gasteiger partial charge in [-0.25, -0.2) is 0 Å². The second-order valence-electron chi connectivity index (χ2n) is 3.24. The number of piperidine rings is 1. The first-order chi connectivity index (χ1) is 5.27. The van der Waals surface area contributed by atoms with Crippen LogP contribution in [0.2, 0.25) is 0 Å². The highest BCUT2D eigenvalue weighted by molar-refractivity contribution is 5.77. The zero-order valence-corrected chi connectivity index (χ0v) is 7.47. The van der Waals surface area contributed by atoms with Crippen molar-refractivity contribution in [2.75, 3.05) is 13.1 Å². The summed E-state index contributed by atoms with van der Waals surface area (Å²) in [4.78, 5) is 13.3. The van der Waals surface area contributed by atoms with Crippen LogP contribution in [0.15, 0.2) is 0 Å². The Balaban J connectivity index is 2.41. The molecule has 0 aromatic rings. The number of amides is 1. The smallest absolute Gasteiger partial charge is 0.222 e. The van der Waals surface area contributed by atoms with E-state index in [1.165, 1.54) is 6.42 Å². The number of carbonyl (C=O) groups excluding carboxylic acids is 1. The summed E-state index contributed by atoms with van der Waals surface area (Å²) >= 11 is 0. The van der Waals surface area contributed by atoms with Gasteiger partial charge >= 0.3 is 0 Å². The first-order valence-corrected chi connectivity index (χ1v) is 4.55. The number of nitrogens with zero attached hydrogens (tertiary/aromatic N) is 1. The van der Waals surface area contributed by atoms with Gasteiger partial charge in [0.25, 0.3) is 0 Å². The van der Waals surface area contributed by atoms with Crippen LogP contribution in [0, 0.1) is 5.92 Å². The predicted octanol–water partition coefficient (Wildman–Crippen LogP) is 1.65. The Kier molecular flexibility index (Phi) is 2.92. The minimum atomic E-state index is 0.352. The van der Waals surface area contributed by atoms with Gasteiger partial charge in [0.05, 0.1) is 0 Å². The summed E-state index contributed by atoms with van der Waals surface area (Å²) in [5.41, 5.74) is 0. The Morgan fingerprint density at radius 1 is 1.55 bits per heavy atom. The maximum absolute atomic E-state index is 11.3. The molecule has 0 aliphatic carbocycles. The topological polar surface area (TPSA) is 20.3 Å². The van der Waals surface area contributed by atoms with E-state index in [0.29, 0.717) is 11.8 Å². The Morgan fingerprint density at radius 2 is 2.27 bits per heavy atom. The minimum absolute atomic E-state index is 0.352. The van der Waals surface area contributed by atoms with Crippen molar-refractivity contribution in [2.45, 2.75) is 33.1 Å². The van der Waals surface area contributed by atoms with Crippen LogP contribution in [0.25, 0.3) is 0 Å². The lowest BCUT2D eigenvalue weighted by Crippen LogP contribution is -2.38. The van der Waals surface area contributed by atoms with Crippen molar-refractivity contribution < 1.29 is 4.79 Å². The fraction of sp³-hybridized carbons (Fsp3) is 0.889. The second-order valence-corrected chi connectivity index (χ2v) is 3.24. The van der Waals surface area contributed by atoms with Crippen LogP contribution in [-0.4, -0.2) is 23.9 Å². The minimum Gasteiger partial charge on any atom is -0.343 e. The highest BCUT2D eigenvalue weighted by Gasteiger charge is 2.22. The van der Waals surface area contributed by atoms with Crippen LogP contribution in [0.4, 0.5) is 0 Å². The van der Waals surface area contributed by atoms with Crippen LogP contribution in [-0.2, 0) is 4.79 Å². The van der Waals surface area contributed by atoms with Gasteiger partial charge in [-0.3, -0.25) is 4.79 Å². The first kappa shape index (κ1) is 8.57. The Bertz CT molecular complexity index is 144. The predicted molar refractivity (Wildman–Crippen MR) is 45.3 cm³/mol. The number of likely N-dealkylation sites (tertiary alicyclic amines) is 1. The Morgan fingerprint density at radius 3 is 2.73 bits per heavy atom. The normalized spacial score (nSPS) is 25.8. The SMILES string of the molecule is CCC1CCN(CC)C(=O)C1. The van der Waals surface area contributed by atoms with Crippen molar-refractivity contribution in [2.24, 2.45) is 5.92 Å². The molecule has 1 aliphatic heterocycles. The Hall–Kier alpha value is -0.530. The van der Waals surface area contributed by atoms with Gasteiger partial charge in [0.15, 0.2) is 0 Å². The highest BCUT2D eigenvalue weighted by atomic mass is 16.2. The number of carbonyl (C=O) groups is 1. The standard InChI is InChI=1S/C9H17NO/c1-3-8-5-6-10(4-2)9(11)7-8/h8H,3-7H2,1-2H3. The van der Waals surface area contributed by atoms with Crippen LogP contribution >= 0.6 is 0 Å². The van der Waals surface area contributed by atoms with Gasteiger partial charge in [0, 0.05) is 19.5 Å². The maximum atomic E-state index is 11.3. The van der Waals surface area contributed by atoms with Gasteiger partial charge in [-0.1, -0.05) is 13.3 Å². The summed E-state index contributed by atoms with van der Waals surface area (Å²) in [5.74, 6) is 1.01. The third-order valence-electron chi connectivity index (χ3n) is 2.58. The van der Waals surface area contributed by atoms with Gasteiger partial charge in [-0.15, -0.1) is 0 Å². The van der Waals surface area contributed by atoms with Crippen LogP contribution in [0.1, 0.15) is 33.1 Å². The first-order valence-electron chi connectivity index (χ1n) is 4.55. The lowest BCUT2D eigenvalue weighted by atomic mass is 9.94. The van der Waals surface area contributed by atoms with Gasteiger partial charge < -0.3 is 4.90 Å². The second kappa shape index (κ2) is 3.74. The number of hydrogen-bond donors (Lipinski definition) is 0. The molecule has 0 bridgehead atoms. The van der Waals surface area contributed by atoms with Crippen LogP contribution < -0.4 is 0 Å². The summed E-state index contributed by atoms with van der Waals surface area (Å²) in [7, 11) is 0. The molecule has 0 spiro atoms. The molecule has 2 nitrogen and oxygen atoms in total. The maximum Gasteiger partial charge on any atom is 0.222 e. The monoisotopic (exact) mass is 155 g/mol. The van der Waals surface area contributed by atoms with Crippen molar-refractivity contribution in [3.05, 3.63) is 0 Å². The molecule has 0 aromatic heterocycles. The van der Waals surface area contributed by atoms with E-state index in [-0.39, 0.29) is 0 Å². The molecule has 64 valence electrons. The van der Waals surface area contributed by atoms with E-state index >= 15 is 0 Å². The molecule has 0 radical (unpaired) electrons. The van der Waals surface area contributed by atoms with Gasteiger partial charge in [-0.05, 0) is 19.3 Å². The zero-order valence-electron chi connectivity index (χ0n) is 7.47. The van der Waals surface area contributed by atoms with E-state index in [4.69, 9.17) is 0 Å². The third-order valence-corrected chi connectivity index (χ3v) is 2.58. The van der Waals surface area contributed by atoms with E-state index in [0.717, 1.165) is 25.9 Å². The molecule has 0 aromatic carbocycles. The van der Waals surface area contributed by atoms with E-state index in [9.17, 15) is 4.79 Å². The quantitative estimate of drug-likeness (QED) is 0.594. The molecular formula is C9H17NO. The molecule has 1 fully saturated rings. The number of rotatable bonds is 2. The molecule has 1 amide bonds. The molecule has 1 atom stereocenters. The summed E-state index contributed by atoms with van der Waals surface area (Å²) in [6, 6.07) is 0. The highest BCUT2D eigenvalue weighted by Crippen LogP contribution is 2.20. The molecule has 11 heavy (non-hydrogen) atoms. The Labute approximate surface area is 68.6 Å². The van der Waals surface area contributed by atoms with E-state index in [1.807, 2.05) is 11.8 Å². The molecule has 1 aliphatic rings. The average molecular weight is 155 g/mol. The lowest BCUT2D eigenvalue weighted by Gasteiger charge is -2.30. The molecule has 1 heterocycles. The van der Waals surface area contributed by atoms with Crippen LogP contribution in [0.3, 0.4) is 0 Å². The lowest BCUT2D eigenvalue weighted by molar-refractivity contribution is -0.134. The zero-order chi connectivity index (χ0) is 8.27. The van der Waals surface area contributed by atoms with Crippen molar-refractivity contribution in [1.29, 1.82) is 0 Å². The van der Waals surface area contributed by atoms with Crippen molar-refractivity contribution in [3.8, 4) is 0 Å². The molecule has 1 saturated heterocycles. The molecule has 1 unspecified atom stereocenters. The van der Waals surface area contributed by atoms with Gasteiger partial charge in [0.1, 0.15) is 0 Å². The van der Waals surface area contributed by atoms with E-state index < -0.39 is 0 Å². The molecule has 1 rings (SSSR count). The molecule has 0 saturated carbocycles. The fourth-order valence-electron chi connectivity index (χ4n) is 1.62. The largest absolute Gasteiger partial charge is 0.343 e. The summed E-state index contributed by atoms with van der Waals surface area (Å²) in [6.07, 6.45) is 3.14. The molecule has 2 heteroatoms. The van der Waals surface area contributed by atoms with Crippen molar-refractivity contribution in [1.82, 2.24) is 4.90 Å². The van der Waals surface area contributed by atoms with E-state index in [1.54, 1.807) is 0 Å². The summed E-state index contributed by atoms with van der Waals surface area (Å²) in [6.45, 7) is 6.08. The van der Waals surface area contributed by atoms with E-state index in [2.05, 4.69) is 6.92 Å². The third kappa shape index (κ3) is 1.95. The summed E-state index contributed by atoms with van der Waals surface area (Å²) < 4.78 is 0. The molecular weight excluding hydrogens is 138 g/mol.